The molecule has 1 aromatic carbocycles. The van der Waals surface area contributed by atoms with Crippen LogP contribution in [0.4, 0.5) is 0 Å². The Labute approximate surface area is 92.8 Å². The Balaban J connectivity index is 1.83. The van der Waals surface area contributed by atoms with Gasteiger partial charge in [0.2, 0.25) is 6.79 Å². The first-order valence-electron chi connectivity index (χ1n) is 5.32. The van der Waals surface area contributed by atoms with E-state index in [1.54, 1.807) is 0 Å². The fourth-order valence-electron chi connectivity index (χ4n) is 2.06. The Morgan fingerprint density at radius 3 is 2.75 bits per heavy atom. The molecule has 16 heavy (non-hydrogen) atoms. The van der Waals surface area contributed by atoms with Gasteiger partial charge < -0.3 is 14.6 Å². The van der Waals surface area contributed by atoms with Crippen molar-refractivity contribution >= 4 is 5.97 Å². The van der Waals surface area contributed by atoms with Gasteiger partial charge in [0.05, 0.1) is 5.41 Å². The van der Waals surface area contributed by atoms with Crippen LogP contribution >= 0.6 is 0 Å². The number of hydrogen-bond donors (Lipinski definition) is 1. The molecule has 1 heterocycles. The largest absolute Gasteiger partial charge is 0.481 e. The van der Waals surface area contributed by atoms with Crippen molar-refractivity contribution in [2.75, 3.05) is 6.79 Å². The summed E-state index contributed by atoms with van der Waals surface area (Å²) in [6.45, 7) is 0.253. The van der Waals surface area contributed by atoms with Crippen molar-refractivity contribution in [1.29, 1.82) is 0 Å². The zero-order valence-electron chi connectivity index (χ0n) is 8.73. The molecule has 1 aliphatic heterocycles. The smallest absolute Gasteiger partial charge is 0.309 e. The topological polar surface area (TPSA) is 55.8 Å². The van der Waals surface area contributed by atoms with Crippen LogP contribution in [0.1, 0.15) is 18.4 Å². The molecule has 84 valence electrons. The molecule has 0 spiro atoms. The maximum Gasteiger partial charge on any atom is 0.309 e. The molecule has 0 aromatic heterocycles. The van der Waals surface area contributed by atoms with Crippen LogP contribution in [0.25, 0.3) is 0 Å². The number of rotatable bonds is 3. The standard InChI is InChI=1S/C12H12O4/c13-11(14)12(3-4-12)6-8-1-2-9-10(5-8)16-7-15-9/h1-2,5H,3-4,6-7H2,(H,13,14). The molecule has 0 atom stereocenters. The first kappa shape index (κ1) is 9.51. The lowest BCUT2D eigenvalue weighted by molar-refractivity contribution is -0.143. The van der Waals surface area contributed by atoms with Crippen LogP contribution in [0.3, 0.4) is 0 Å². The maximum atomic E-state index is 11.1. The number of carbonyl (C=O) groups is 1. The van der Waals surface area contributed by atoms with E-state index in [0.29, 0.717) is 6.42 Å². The van der Waals surface area contributed by atoms with Gasteiger partial charge in [0.15, 0.2) is 11.5 Å². The number of carboxylic acids is 1. The monoisotopic (exact) mass is 220 g/mol. The average Bonchev–Trinajstić information content (AvgIpc) is 2.90. The molecule has 0 amide bonds. The fraction of sp³-hybridized carbons (Fsp3) is 0.417. The van der Waals surface area contributed by atoms with Crippen LogP contribution in [0.5, 0.6) is 11.5 Å². The summed E-state index contributed by atoms with van der Waals surface area (Å²) in [6, 6.07) is 5.64. The Morgan fingerprint density at radius 1 is 1.31 bits per heavy atom. The molecule has 0 bridgehead atoms. The molecule has 1 aromatic rings. The minimum Gasteiger partial charge on any atom is -0.481 e. The quantitative estimate of drug-likeness (QED) is 0.844. The lowest BCUT2D eigenvalue weighted by Crippen LogP contribution is -2.17. The van der Waals surface area contributed by atoms with E-state index in [4.69, 9.17) is 14.6 Å². The molecule has 1 fully saturated rings. The van der Waals surface area contributed by atoms with E-state index < -0.39 is 11.4 Å². The third kappa shape index (κ3) is 1.41. The molecule has 1 N–H and O–H groups in total. The summed E-state index contributed by atoms with van der Waals surface area (Å²) < 4.78 is 10.5. The second kappa shape index (κ2) is 3.14. The number of benzene rings is 1. The van der Waals surface area contributed by atoms with Crippen molar-refractivity contribution in [1.82, 2.24) is 0 Å². The summed E-state index contributed by atoms with van der Waals surface area (Å²) in [5, 5.41) is 9.10. The minimum absolute atomic E-state index is 0.253. The van der Waals surface area contributed by atoms with E-state index in [9.17, 15) is 4.79 Å². The molecule has 1 saturated carbocycles. The van der Waals surface area contributed by atoms with Crippen molar-refractivity contribution < 1.29 is 19.4 Å². The highest BCUT2D eigenvalue weighted by Gasteiger charge is 2.50. The average molecular weight is 220 g/mol. The number of carboxylic acid groups (broad SMARTS) is 1. The zero-order valence-corrected chi connectivity index (χ0v) is 8.73. The summed E-state index contributed by atoms with van der Waals surface area (Å²) in [6.07, 6.45) is 2.13. The summed E-state index contributed by atoms with van der Waals surface area (Å²) in [7, 11) is 0. The molecule has 0 radical (unpaired) electrons. The van der Waals surface area contributed by atoms with Gasteiger partial charge in [-0.25, -0.2) is 0 Å². The van der Waals surface area contributed by atoms with Crippen LogP contribution in [0.15, 0.2) is 18.2 Å². The van der Waals surface area contributed by atoms with Gasteiger partial charge in [-0.15, -0.1) is 0 Å². The second-order valence-electron chi connectivity index (χ2n) is 4.45. The van der Waals surface area contributed by atoms with Gasteiger partial charge in [-0.1, -0.05) is 6.07 Å². The van der Waals surface area contributed by atoms with Crippen molar-refractivity contribution in [3.05, 3.63) is 23.8 Å². The fourth-order valence-corrected chi connectivity index (χ4v) is 2.06. The van der Waals surface area contributed by atoms with Gasteiger partial charge in [0.25, 0.3) is 0 Å². The van der Waals surface area contributed by atoms with E-state index in [1.807, 2.05) is 18.2 Å². The van der Waals surface area contributed by atoms with Gasteiger partial charge in [0, 0.05) is 0 Å². The van der Waals surface area contributed by atoms with Crippen LogP contribution < -0.4 is 9.47 Å². The molecule has 0 saturated heterocycles. The lowest BCUT2D eigenvalue weighted by Gasteiger charge is -2.09. The Bertz CT molecular complexity index is 448. The van der Waals surface area contributed by atoms with Crippen molar-refractivity contribution in [2.45, 2.75) is 19.3 Å². The van der Waals surface area contributed by atoms with Gasteiger partial charge in [-0.3, -0.25) is 4.79 Å². The molecule has 4 heteroatoms. The maximum absolute atomic E-state index is 11.1. The van der Waals surface area contributed by atoms with Crippen molar-refractivity contribution in [3.8, 4) is 11.5 Å². The first-order chi connectivity index (χ1) is 7.70. The summed E-state index contributed by atoms with van der Waals surface area (Å²) in [5.74, 6) is 0.771. The highest BCUT2D eigenvalue weighted by Crippen LogP contribution is 2.49. The van der Waals surface area contributed by atoms with E-state index in [0.717, 1.165) is 29.9 Å². The third-order valence-electron chi connectivity index (χ3n) is 3.29. The van der Waals surface area contributed by atoms with E-state index >= 15 is 0 Å². The molecule has 3 rings (SSSR count). The predicted molar refractivity (Wildman–Crippen MR) is 55.6 cm³/mol. The van der Waals surface area contributed by atoms with Gasteiger partial charge in [-0.05, 0) is 37.0 Å². The Morgan fingerprint density at radius 2 is 2.06 bits per heavy atom. The predicted octanol–water partition coefficient (Wildman–Crippen LogP) is 1.82. The highest BCUT2D eigenvalue weighted by atomic mass is 16.7. The Hall–Kier alpha value is -1.71. The highest BCUT2D eigenvalue weighted by molar-refractivity contribution is 5.78. The number of aliphatic carboxylic acids is 1. The van der Waals surface area contributed by atoms with Crippen LogP contribution in [0, 0.1) is 5.41 Å². The van der Waals surface area contributed by atoms with E-state index in [1.165, 1.54) is 0 Å². The molecule has 4 nitrogen and oxygen atoms in total. The molecule has 0 unspecified atom stereocenters. The van der Waals surface area contributed by atoms with Crippen molar-refractivity contribution in [2.24, 2.45) is 5.41 Å². The molecule has 1 aliphatic carbocycles. The number of ether oxygens (including phenoxy) is 2. The minimum atomic E-state index is -0.690. The molecule has 2 aliphatic rings. The molecular weight excluding hydrogens is 208 g/mol. The Kier molecular flexibility index (Phi) is 1.87. The lowest BCUT2D eigenvalue weighted by atomic mass is 9.96. The summed E-state index contributed by atoms with van der Waals surface area (Å²) >= 11 is 0. The zero-order chi connectivity index (χ0) is 11.2. The SMILES string of the molecule is O=C(O)C1(Cc2ccc3c(c2)OCO3)CC1. The van der Waals surface area contributed by atoms with E-state index in [-0.39, 0.29) is 6.79 Å². The first-order valence-corrected chi connectivity index (χ1v) is 5.32. The number of fused-ring (bicyclic) bond motifs is 1. The van der Waals surface area contributed by atoms with Crippen LogP contribution in [-0.2, 0) is 11.2 Å². The van der Waals surface area contributed by atoms with Crippen LogP contribution in [-0.4, -0.2) is 17.9 Å². The number of hydrogen-bond acceptors (Lipinski definition) is 3. The second-order valence-corrected chi connectivity index (χ2v) is 4.45. The summed E-state index contributed by atoms with van der Waals surface area (Å²) in [5.41, 5.74) is 0.484. The van der Waals surface area contributed by atoms with Gasteiger partial charge in [0.1, 0.15) is 0 Å². The van der Waals surface area contributed by atoms with Crippen molar-refractivity contribution in [3.63, 3.8) is 0 Å². The third-order valence-corrected chi connectivity index (χ3v) is 3.29. The van der Waals surface area contributed by atoms with Gasteiger partial charge >= 0.3 is 5.97 Å². The van der Waals surface area contributed by atoms with Crippen LogP contribution in [0.2, 0.25) is 0 Å². The molecular formula is C12H12O4. The van der Waals surface area contributed by atoms with Gasteiger partial charge in [-0.2, -0.15) is 0 Å². The van der Waals surface area contributed by atoms with E-state index in [2.05, 4.69) is 0 Å². The normalized spacial score (nSPS) is 19.5. The summed E-state index contributed by atoms with van der Waals surface area (Å²) in [4.78, 5) is 11.1.